The van der Waals surface area contributed by atoms with E-state index in [1.807, 2.05) is 0 Å². The Labute approximate surface area is 106 Å². The quantitative estimate of drug-likeness (QED) is 0.659. The molecular weight excluding hydrogens is 231 g/mol. The number of rotatable bonds is 0. The summed E-state index contributed by atoms with van der Waals surface area (Å²) >= 11 is 0. The van der Waals surface area contributed by atoms with Crippen molar-refractivity contribution < 1.29 is 9.13 Å². The molecule has 0 amide bonds. The fraction of sp³-hybridized carbons (Fsp3) is 0.857. The highest BCUT2D eigenvalue weighted by molar-refractivity contribution is 5.26. The average molecular weight is 246 g/mol. The lowest BCUT2D eigenvalue weighted by molar-refractivity contribution is -0.327. The topological polar surface area (TPSA) is 56.8 Å². The lowest BCUT2D eigenvalue weighted by atomic mass is 9.44. The van der Waals surface area contributed by atoms with E-state index in [0.717, 1.165) is 12.8 Å². The summed E-state index contributed by atoms with van der Waals surface area (Å²) < 4.78 is 20.4. The minimum absolute atomic E-state index is 0.156. The van der Waals surface area contributed by atoms with Crippen molar-refractivity contribution >= 4 is 0 Å². The zero-order valence-electron chi connectivity index (χ0n) is 10.1. The van der Waals surface area contributed by atoms with Gasteiger partial charge < -0.3 is 4.74 Å². The first-order valence-electron chi connectivity index (χ1n) is 6.77. The van der Waals surface area contributed by atoms with Crippen molar-refractivity contribution in [2.75, 3.05) is 0 Å². The van der Waals surface area contributed by atoms with Crippen molar-refractivity contribution in [1.29, 1.82) is 10.5 Å². The Balaban J connectivity index is 1.73. The van der Waals surface area contributed by atoms with Crippen molar-refractivity contribution in [1.82, 2.24) is 0 Å². The van der Waals surface area contributed by atoms with Gasteiger partial charge in [-0.05, 0) is 49.9 Å². The zero-order chi connectivity index (χ0) is 12.5. The molecule has 94 valence electrons. The fourth-order valence-corrected chi connectivity index (χ4v) is 5.40. The van der Waals surface area contributed by atoms with Gasteiger partial charge in [0, 0.05) is 0 Å². The first-order valence-corrected chi connectivity index (χ1v) is 6.77. The van der Waals surface area contributed by atoms with Crippen LogP contribution in [0.2, 0.25) is 0 Å². The van der Waals surface area contributed by atoms with Gasteiger partial charge in [0.15, 0.2) is 6.10 Å². The lowest BCUT2D eigenvalue weighted by Crippen LogP contribution is -2.74. The van der Waals surface area contributed by atoms with Gasteiger partial charge in [0.25, 0.3) is 0 Å². The van der Waals surface area contributed by atoms with Gasteiger partial charge in [-0.25, -0.2) is 4.39 Å². The minimum Gasteiger partial charge on any atom is -0.353 e. The van der Waals surface area contributed by atoms with Crippen LogP contribution in [0.4, 0.5) is 4.39 Å². The maximum atomic E-state index is 14.6. The summed E-state index contributed by atoms with van der Waals surface area (Å²) in [5.74, 6) is 0.439. The van der Waals surface area contributed by atoms with Crippen LogP contribution in [0.5, 0.6) is 0 Å². The van der Waals surface area contributed by atoms with Gasteiger partial charge >= 0.3 is 0 Å². The largest absolute Gasteiger partial charge is 0.353 e. The van der Waals surface area contributed by atoms with Gasteiger partial charge in [-0.3, -0.25) is 0 Å². The summed E-state index contributed by atoms with van der Waals surface area (Å²) in [4.78, 5) is 0. The normalized spacial score (nSPS) is 60.1. The molecular formula is C14H15FN2O. The van der Waals surface area contributed by atoms with E-state index in [0.29, 0.717) is 25.2 Å². The molecule has 4 saturated carbocycles. The fourth-order valence-electron chi connectivity index (χ4n) is 5.40. The van der Waals surface area contributed by atoms with E-state index in [9.17, 15) is 9.65 Å². The molecule has 0 radical (unpaired) electrons. The number of alkyl halides is 1. The average Bonchev–Trinajstić information content (AvgIpc) is 2.25. The number of halogens is 1. The highest BCUT2D eigenvalue weighted by atomic mass is 19.1. The van der Waals surface area contributed by atoms with Crippen LogP contribution in [0.25, 0.3) is 0 Å². The van der Waals surface area contributed by atoms with Gasteiger partial charge in [-0.2, -0.15) is 10.5 Å². The van der Waals surface area contributed by atoms with Crippen LogP contribution in [0, 0.1) is 46.3 Å². The Morgan fingerprint density at radius 2 is 1.72 bits per heavy atom. The number of hydrogen-bond acceptors (Lipinski definition) is 3. The molecule has 4 bridgehead atoms. The van der Waals surface area contributed by atoms with E-state index in [-0.39, 0.29) is 17.8 Å². The summed E-state index contributed by atoms with van der Waals surface area (Å²) in [7, 11) is 0. The predicted molar refractivity (Wildman–Crippen MR) is 59.7 cm³/mol. The van der Waals surface area contributed by atoms with Crippen LogP contribution < -0.4 is 0 Å². The maximum Gasteiger partial charge on any atom is 0.163 e. The van der Waals surface area contributed by atoms with Crippen LogP contribution in [0.15, 0.2) is 0 Å². The Morgan fingerprint density at radius 1 is 1.06 bits per heavy atom. The number of ether oxygens (including phenoxy) is 1. The first-order chi connectivity index (χ1) is 8.61. The van der Waals surface area contributed by atoms with Crippen molar-refractivity contribution in [3.8, 4) is 12.1 Å². The molecule has 1 saturated heterocycles. The molecule has 1 spiro atoms. The van der Waals surface area contributed by atoms with Crippen LogP contribution in [0.3, 0.4) is 0 Å². The Kier molecular flexibility index (Phi) is 1.83. The summed E-state index contributed by atoms with van der Waals surface area (Å²) in [5.41, 5.74) is -1.50. The smallest absolute Gasteiger partial charge is 0.163 e. The molecule has 18 heavy (non-hydrogen) atoms. The molecule has 7 atom stereocenters. The van der Waals surface area contributed by atoms with E-state index in [2.05, 4.69) is 12.1 Å². The van der Waals surface area contributed by atoms with E-state index in [1.165, 1.54) is 0 Å². The van der Waals surface area contributed by atoms with E-state index in [4.69, 9.17) is 10.00 Å². The standard InChI is InChI=1S/C14H15FN2O/c15-13-3-8-1-9(4-13)14(10(2-8)5-13)11(6-16)12(7-17)18-14/h8-12H,1-5H2/t8?,9-,10+,11-,12-,13?,14?/m1/s1. The highest BCUT2D eigenvalue weighted by Gasteiger charge is 2.72. The maximum absolute atomic E-state index is 14.6. The van der Waals surface area contributed by atoms with Gasteiger partial charge in [-0.15, -0.1) is 0 Å². The third-order valence-corrected chi connectivity index (χ3v) is 5.78. The van der Waals surface area contributed by atoms with Crippen molar-refractivity contribution in [3.63, 3.8) is 0 Å². The molecule has 1 heterocycles. The zero-order valence-corrected chi connectivity index (χ0v) is 10.1. The molecule has 5 fully saturated rings. The molecule has 4 heteroatoms. The van der Waals surface area contributed by atoms with E-state index >= 15 is 0 Å². The third kappa shape index (κ3) is 1.02. The van der Waals surface area contributed by atoms with E-state index in [1.54, 1.807) is 0 Å². The molecule has 5 rings (SSSR count). The first kappa shape index (κ1) is 10.8. The van der Waals surface area contributed by atoms with Crippen molar-refractivity contribution in [2.24, 2.45) is 23.7 Å². The molecule has 3 nitrogen and oxygen atoms in total. The second kappa shape index (κ2) is 3.06. The van der Waals surface area contributed by atoms with Crippen molar-refractivity contribution in [2.45, 2.75) is 49.5 Å². The summed E-state index contributed by atoms with van der Waals surface area (Å²) in [6.07, 6.45) is 3.15. The molecule has 0 aromatic heterocycles. The highest BCUT2D eigenvalue weighted by Crippen LogP contribution is 2.67. The van der Waals surface area contributed by atoms with Gasteiger partial charge in [0.2, 0.25) is 0 Å². The number of nitriles is 2. The molecule has 0 aromatic rings. The SMILES string of the molecule is N#C[C@@H]1[C@@H](C#N)OC12[C@@H]1CC3C[C@H]2CC(F)(C3)C1. The Hall–Kier alpha value is -1.13. The molecule has 4 aliphatic carbocycles. The second-order valence-electron chi connectivity index (χ2n) is 6.62. The number of nitrogens with zero attached hydrogens (tertiary/aromatic N) is 2. The third-order valence-electron chi connectivity index (χ3n) is 5.78. The van der Waals surface area contributed by atoms with Gasteiger partial charge in [0.1, 0.15) is 11.6 Å². The van der Waals surface area contributed by atoms with Crippen molar-refractivity contribution in [3.05, 3.63) is 0 Å². The van der Waals surface area contributed by atoms with Crippen LogP contribution >= 0.6 is 0 Å². The molecule has 0 aromatic carbocycles. The Bertz CT molecular complexity index is 475. The van der Waals surface area contributed by atoms with E-state index < -0.39 is 17.4 Å². The van der Waals surface area contributed by atoms with Gasteiger partial charge in [0.05, 0.1) is 17.7 Å². The number of hydrogen-bond donors (Lipinski definition) is 0. The molecule has 0 N–H and O–H groups in total. The summed E-state index contributed by atoms with van der Waals surface area (Å²) in [6, 6.07) is 4.32. The summed E-state index contributed by atoms with van der Waals surface area (Å²) in [5, 5.41) is 18.3. The molecule has 3 unspecified atom stereocenters. The minimum atomic E-state index is -1.01. The monoisotopic (exact) mass is 246 g/mol. The second-order valence-corrected chi connectivity index (χ2v) is 6.62. The molecule has 1 aliphatic heterocycles. The van der Waals surface area contributed by atoms with Crippen LogP contribution in [0.1, 0.15) is 32.1 Å². The Morgan fingerprint density at radius 3 is 2.22 bits per heavy atom. The van der Waals surface area contributed by atoms with Crippen LogP contribution in [-0.4, -0.2) is 17.4 Å². The van der Waals surface area contributed by atoms with Crippen LogP contribution in [-0.2, 0) is 4.74 Å². The summed E-state index contributed by atoms with van der Waals surface area (Å²) in [6.45, 7) is 0. The molecule has 5 aliphatic rings. The predicted octanol–water partition coefficient (Wildman–Crippen LogP) is 2.34. The van der Waals surface area contributed by atoms with Gasteiger partial charge in [-0.1, -0.05) is 0 Å². The lowest BCUT2D eigenvalue weighted by Gasteiger charge is -2.68.